The maximum Gasteiger partial charge on any atom is 0.240 e. The van der Waals surface area contributed by atoms with Crippen LogP contribution in [0.5, 0.6) is 11.5 Å². The molecular formula is C21H22N2O4S. The van der Waals surface area contributed by atoms with E-state index in [1.165, 1.54) is 12.1 Å². The predicted molar refractivity (Wildman–Crippen MR) is 109 cm³/mol. The molecule has 28 heavy (non-hydrogen) atoms. The average molecular weight is 398 g/mol. The van der Waals surface area contributed by atoms with Crippen molar-refractivity contribution in [3.05, 3.63) is 83.9 Å². The van der Waals surface area contributed by atoms with Crippen molar-refractivity contribution in [1.29, 1.82) is 0 Å². The first-order valence-electron chi connectivity index (χ1n) is 8.67. The minimum absolute atomic E-state index is 0.0635. The number of sulfonamides is 1. The van der Waals surface area contributed by atoms with Gasteiger partial charge in [0.15, 0.2) is 11.5 Å². The summed E-state index contributed by atoms with van der Waals surface area (Å²) < 4.78 is 39.0. The molecule has 3 aromatic carbocycles. The first kappa shape index (κ1) is 19.7. The van der Waals surface area contributed by atoms with Gasteiger partial charge in [-0.1, -0.05) is 42.5 Å². The van der Waals surface area contributed by atoms with Crippen molar-refractivity contribution in [2.75, 3.05) is 12.8 Å². The van der Waals surface area contributed by atoms with E-state index in [4.69, 9.17) is 15.2 Å². The number of nitrogens with one attached hydrogen (secondary N) is 1. The molecule has 0 radical (unpaired) electrons. The maximum atomic E-state index is 12.5. The highest BCUT2D eigenvalue weighted by atomic mass is 32.2. The molecule has 0 aliphatic heterocycles. The summed E-state index contributed by atoms with van der Waals surface area (Å²) in [6.45, 7) is 0.410. The number of hydrogen-bond acceptors (Lipinski definition) is 5. The molecule has 0 unspecified atom stereocenters. The van der Waals surface area contributed by atoms with E-state index in [0.717, 1.165) is 5.56 Å². The number of methoxy groups -OCH3 is 1. The Labute approximate surface area is 165 Å². The van der Waals surface area contributed by atoms with Crippen LogP contribution in [-0.4, -0.2) is 15.5 Å². The number of ether oxygens (including phenoxy) is 2. The summed E-state index contributed by atoms with van der Waals surface area (Å²) >= 11 is 0. The third-order valence-corrected chi connectivity index (χ3v) is 5.57. The van der Waals surface area contributed by atoms with Crippen LogP contribution in [0.1, 0.15) is 11.1 Å². The molecule has 0 saturated heterocycles. The third-order valence-electron chi connectivity index (χ3n) is 4.15. The van der Waals surface area contributed by atoms with Gasteiger partial charge in [-0.2, -0.15) is 0 Å². The molecule has 0 atom stereocenters. The second kappa shape index (κ2) is 8.77. The van der Waals surface area contributed by atoms with E-state index in [2.05, 4.69) is 4.72 Å². The minimum Gasteiger partial charge on any atom is -0.493 e. The van der Waals surface area contributed by atoms with Crippen LogP contribution in [0.2, 0.25) is 0 Å². The lowest BCUT2D eigenvalue weighted by atomic mass is 10.2. The molecule has 0 aliphatic carbocycles. The first-order valence-corrected chi connectivity index (χ1v) is 10.2. The average Bonchev–Trinajstić information content (AvgIpc) is 2.72. The molecule has 6 nitrogen and oxygen atoms in total. The molecule has 3 N–H and O–H groups in total. The summed E-state index contributed by atoms with van der Waals surface area (Å²) in [6, 6.07) is 21.1. The van der Waals surface area contributed by atoms with Gasteiger partial charge in [-0.15, -0.1) is 0 Å². The Kier molecular flexibility index (Phi) is 6.18. The van der Waals surface area contributed by atoms with Gasteiger partial charge >= 0.3 is 0 Å². The number of nitrogens with two attached hydrogens (primary N) is 1. The van der Waals surface area contributed by atoms with E-state index in [1.807, 2.05) is 30.3 Å². The highest BCUT2D eigenvalue weighted by Crippen LogP contribution is 2.32. The van der Waals surface area contributed by atoms with E-state index in [1.54, 1.807) is 37.4 Å². The fraction of sp³-hybridized carbons (Fsp3) is 0.143. The Hall–Kier alpha value is -3.03. The summed E-state index contributed by atoms with van der Waals surface area (Å²) in [4.78, 5) is 0.149. The van der Waals surface area contributed by atoms with Gasteiger partial charge < -0.3 is 15.2 Å². The SMILES string of the molecule is COc1cccc(CNS(=O)(=O)c2ccc(N)cc2)c1OCc1ccccc1. The van der Waals surface area contributed by atoms with Gasteiger partial charge in [0.25, 0.3) is 0 Å². The summed E-state index contributed by atoms with van der Waals surface area (Å²) in [5.74, 6) is 1.05. The van der Waals surface area contributed by atoms with Gasteiger partial charge in [0.1, 0.15) is 6.61 Å². The van der Waals surface area contributed by atoms with Crippen molar-refractivity contribution in [2.24, 2.45) is 0 Å². The van der Waals surface area contributed by atoms with Crippen molar-refractivity contribution >= 4 is 15.7 Å². The molecule has 0 heterocycles. The molecule has 3 rings (SSSR count). The molecule has 0 aromatic heterocycles. The van der Waals surface area contributed by atoms with Gasteiger partial charge in [0.05, 0.1) is 12.0 Å². The van der Waals surface area contributed by atoms with E-state index in [0.29, 0.717) is 29.4 Å². The van der Waals surface area contributed by atoms with Gasteiger partial charge in [-0.3, -0.25) is 0 Å². The zero-order valence-electron chi connectivity index (χ0n) is 15.5. The lowest BCUT2D eigenvalue weighted by Crippen LogP contribution is -2.23. The summed E-state index contributed by atoms with van der Waals surface area (Å²) in [5, 5.41) is 0. The van der Waals surface area contributed by atoms with Gasteiger partial charge in [0, 0.05) is 17.8 Å². The predicted octanol–water partition coefficient (Wildman–Crippen LogP) is 3.33. The topological polar surface area (TPSA) is 90.7 Å². The van der Waals surface area contributed by atoms with Crippen molar-refractivity contribution < 1.29 is 17.9 Å². The lowest BCUT2D eigenvalue weighted by Gasteiger charge is -2.16. The van der Waals surface area contributed by atoms with Gasteiger partial charge in [-0.25, -0.2) is 13.1 Å². The Morgan fingerprint density at radius 2 is 1.64 bits per heavy atom. The smallest absolute Gasteiger partial charge is 0.240 e. The highest BCUT2D eigenvalue weighted by molar-refractivity contribution is 7.89. The lowest BCUT2D eigenvalue weighted by molar-refractivity contribution is 0.281. The maximum absolute atomic E-state index is 12.5. The molecule has 3 aromatic rings. The summed E-state index contributed by atoms with van der Waals surface area (Å²) in [6.07, 6.45) is 0. The summed E-state index contributed by atoms with van der Waals surface area (Å²) in [5.41, 5.74) is 7.80. The van der Waals surface area contributed by atoms with Gasteiger partial charge in [-0.05, 0) is 35.9 Å². The number of hydrogen-bond donors (Lipinski definition) is 2. The van der Waals surface area contributed by atoms with Crippen LogP contribution in [-0.2, 0) is 23.2 Å². The summed E-state index contributed by atoms with van der Waals surface area (Å²) in [7, 11) is -2.13. The van der Waals surface area contributed by atoms with E-state index < -0.39 is 10.0 Å². The largest absolute Gasteiger partial charge is 0.493 e. The molecule has 0 aliphatic rings. The van der Waals surface area contributed by atoms with Crippen molar-refractivity contribution in [3.63, 3.8) is 0 Å². The number of benzene rings is 3. The monoisotopic (exact) mass is 398 g/mol. The van der Waals surface area contributed by atoms with Crippen LogP contribution >= 0.6 is 0 Å². The van der Waals surface area contributed by atoms with Crippen LogP contribution in [0.25, 0.3) is 0 Å². The zero-order chi connectivity index (χ0) is 20.0. The highest BCUT2D eigenvalue weighted by Gasteiger charge is 2.17. The first-order chi connectivity index (χ1) is 13.5. The Morgan fingerprint density at radius 1 is 0.929 bits per heavy atom. The Morgan fingerprint density at radius 3 is 2.32 bits per heavy atom. The van der Waals surface area contributed by atoms with Crippen LogP contribution in [0.4, 0.5) is 5.69 Å². The third kappa shape index (κ3) is 4.82. The fourth-order valence-corrected chi connectivity index (χ4v) is 3.66. The molecule has 0 saturated carbocycles. The Bertz CT molecular complexity index is 1020. The van der Waals surface area contributed by atoms with Crippen LogP contribution in [0, 0.1) is 0 Å². The van der Waals surface area contributed by atoms with E-state index >= 15 is 0 Å². The number of nitrogen functional groups attached to an aromatic ring is 1. The van der Waals surface area contributed by atoms with E-state index in [9.17, 15) is 8.42 Å². The molecule has 0 spiro atoms. The van der Waals surface area contributed by atoms with Crippen LogP contribution in [0.3, 0.4) is 0 Å². The molecule has 7 heteroatoms. The van der Waals surface area contributed by atoms with Crippen molar-refractivity contribution in [3.8, 4) is 11.5 Å². The number of para-hydroxylation sites is 1. The minimum atomic E-state index is -3.68. The Balaban J connectivity index is 1.78. The van der Waals surface area contributed by atoms with Crippen LogP contribution in [0.15, 0.2) is 77.7 Å². The van der Waals surface area contributed by atoms with Crippen LogP contribution < -0.4 is 19.9 Å². The quantitative estimate of drug-likeness (QED) is 0.568. The molecular weight excluding hydrogens is 376 g/mol. The molecule has 0 amide bonds. The van der Waals surface area contributed by atoms with Gasteiger partial charge in [0.2, 0.25) is 10.0 Å². The normalized spacial score (nSPS) is 11.2. The number of rotatable bonds is 8. The van der Waals surface area contributed by atoms with Crippen molar-refractivity contribution in [1.82, 2.24) is 4.72 Å². The fourth-order valence-electron chi connectivity index (χ4n) is 2.66. The second-order valence-electron chi connectivity index (χ2n) is 6.12. The second-order valence-corrected chi connectivity index (χ2v) is 7.88. The zero-order valence-corrected chi connectivity index (χ0v) is 16.3. The molecule has 146 valence electrons. The molecule has 0 bridgehead atoms. The standard InChI is InChI=1S/C21H22N2O4S/c1-26-20-9-5-8-17(21(20)27-15-16-6-3-2-4-7-16)14-23-28(24,25)19-12-10-18(22)11-13-19/h2-13,23H,14-15,22H2,1H3. The molecule has 0 fully saturated rings. The van der Waals surface area contributed by atoms with E-state index in [-0.39, 0.29) is 11.4 Å². The number of anilines is 1. The van der Waals surface area contributed by atoms with Crippen molar-refractivity contribution in [2.45, 2.75) is 18.0 Å².